The Kier molecular flexibility index (Phi) is 12.3. The monoisotopic (exact) mass is 660 g/mol. The summed E-state index contributed by atoms with van der Waals surface area (Å²) in [5.41, 5.74) is 1.33. The Hall–Kier alpha value is -4.03. The molecular weight excluding hydrogens is 608 g/mol. The number of esters is 1. The lowest BCUT2D eigenvalue weighted by Gasteiger charge is -2.48. The van der Waals surface area contributed by atoms with Crippen LogP contribution in [-0.4, -0.2) is 28.9 Å². The molecule has 0 radical (unpaired) electrons. The Labute approximate surface area is 292 Å². The van der Waals surface area contributed by atoms with E-state index < -0.39 is 23.8 Å². The van der Waals surface area contributed by atoms with E-state index in [1.54, 1.807) is 6.08 Å². The molecule has 1 saturated carbocycles. The van der Waals surface area contributed by atoms with Crippen LogP contribution in [0.5, 0.6) is 0 Å². The third kappa shape index (κ3) is 8.96. The van der Waals surface area contributed by atoms with Gasteiger partial charge in [-0.05, 0) is 64.2 Å². The van der Waals surface area contributed by atoms with Crippen molar-refractivity contribution in [3.63, 3.8) is 0 Å². The minimum atomic E-state index is -1.68. The number of carbonyl (C=O) groups excluding carboxylic acids is 1. The second-order valence-electron chi connectivity index (χ2n) is 14.6. The lowest BCUT2D eigenvalue weighted by molar-refractivity contribution is -0.165. The maximum atomic E-state index is 13.7. The summed E-state index contributed by atoms with van der Waals surface area (Å²) >= 11 is 0. The molecule has 5 atom stereocenters. The van der Waals surface area contributed by atoms with Gasteiger partial charge in [0.25, 0.3) is 0 Å². The summed E-state index contributed by atoms with van der Waals surface area (Å²) in [6, 6.07) is 38.1. The van der Waals surface area contributed by atoms with Gasteiger partial charge in [0.1, 0.15) is 0 Å². The van der Waals surface area contributed by atoms with E-state index in [1.165, 1.54) is 0 Å². The molecule has 0 unspecified atom stereocenters. The maximum absolute atomic E-state index is 13.7. The molecule has 0 amide bonds. The quantitative estimate of drug-likeness (QED) is 0.104. The summed E-state index contributed by atoms with van der Waals surface area (Å²) in [4.78, 5) is 13.7. The van der Waals surface area contributed by atoms with Gasteiger partial charge < -0.3 is 19.7 Å². The van der Waals surface area contributed by atoms with Crippen LogP contribution in [0, 0.1) is 29.1 Å². The van der Waals surface area contributed by atoms with Crippen molar-refractivity contribution in [1.29, 1.82) is 0 Å². The van der Waals surface area contributed by atoms with Crippen molar-refractivity contribution in [2.75, 3.05) is 6.61 Å². The minimum Gasteiger partial charge on any atom is -0.454 e. The molecule has 1 fully saturated rings. The molecule has 49 heavy (non-hydrogen) atoms. The summed E-state index contributed by atoms with van der Waals surface area (Å²) in [6.07, 6.45) is 3.74. The Bertz CT molecular complexity index is 1560. The molecule has 4 aromatic carbocycles. The van der Waals surface area contributed by atoms with E-state index >= 15 is 0 Å². The predicted molar refractivity (Wildman–Crippen MR) is 195 cm³/mol. The van der Waals surface area contributed by atoms with E-state index in [9.17, 15) is 15.0 Å². The van der Waals surface area contributed by atoms with Gasteiger partial charge in [-0.3, -0.25) is 4.79 Å². The molecule has 0 aliphatic heterocycles. The van der Waals surface area contributed by atoms with Gasteiger partial charge in [0, 0.05) is 0 Å². The highest BCUT2D eigenvalue weighted by atomic mass is 16.6. The molecule has 0 bridgehead atoms. The number of hydrogen-bond donors (Lipinski definition) is 2. The van der Waals surface area contributed by atoms with Crippen LogP contribution in [0.4, 0.5) is 0 Å². The van der Waals surface area contributed by atoms with Crippen molar-refractivity contribution in [1.82, 2.24) is 0 Å². The fourth-order valence-electron chi connectivity index (χ4n) is 7.65. The van der Waals surface area contributed by atoms with Crippen molar-refractivity contribution in [3.05, 3.63) is 156 Å². The molecule has 5 heteroatoms. The third-order valence-electron chi connectivity index (χ3n) is 10.4. The largest absolute Gasteiger partial charge is 0.454 e. The zero-order valence-corrected chi connectivity index (χ0v) is 29.3. The lowest BCUT2D eigenvalue weighted by Crippen LogP contribution is -2.43. The molecule has 4 aromatic rings. The maximum Gasteiger partial charge on any atom is 0.309 e. The molecule has 5 nitrogen and oxygen atoms in total. The number of allylic oxidation sites excluding steroid dienone is 1. The summed E-state index contributed by atoms with van der Waals surface area (Å²) in [5.74, 6) is 0.827. The average molecular weight is 661 g/mol. The second kappa shape index (κ2) is 16.6. The van der Waals surface area contributed by atoms with Gasteiger partial charge in [0.15, 0.2) is 11.7 Å². The fourth-order valence-corrected chi connectivity index (χ4v) is 7.65. The van der Waals surface area contributed by atoms with Crippen LogP contribution < -0.4 is 0 Å². The number of aliphatic hydroxyl groups excluding tert-OH is 1. The van der Waals surface area contributed by atoms with Crippen molar-refractivity contribution >= 4 is 5.97 Å². The minimum absolute atomic E-state index is 0.00313. The lowest BCUT2D eigenvalue weighted by atomic mass is 9.57. The van der Waals surface area contributed by atoms with E-state index in [1.807, 2.05) is 109 Å². The van der Waals surface area contributed by atoms with Crippen LogP contribution in [0.3, 0.4) is 0 Å². The molecule has 5 rings (SSSR count). The average Bonchev–Trinajstić information content (AvgIpc) is 3.11. The van der Waals surface area contributed by atoms with Crippen LogP contribution in [0.25, 0.3) is 0 Å². The topological polar surface area (TPSA) is 76.0 Å². The molecule has 0 spiro atoms. The highest BCUT2D eigenvalue weighted by Gasteiger charge is 2.45. The van der Waals surface area contributed by atoms with Gasteiger partial charge in [0.2, 0.25) is 0 Å². The van der Waals surface area contributed by atoms with Crippen molar-refractivity contribution < 1.29 is 24.5 Å². The smallest absolute Gasteiger partial charge is 0.309 e. The third-order valence-corrected chi connectivity index (χ3v) is 10.4. The first-order valence-electron chi connectivity index (χ1n) is 17.7. The standard InChI is InChI=1S/C44H52O5/c1-32(2)38-27-28-43(3,4)40(39(38)31-48-30-33-17-9-5-10-18-33)26-25-37(45)29-41(46)49-42(34-19-11-6-12-20-34)44(47,35-21-13-7-14-22-35)36-23-15-8-16-24-36/h5-26,32,37-40,42,45,47H,27-31H2,1-4H3/b26-25+/t37-,38+,39+,40-,42+/m1/s1. The van der Waals surface area contributed by atoms with E-state index in [2.05, 4.69) is 45.9 Å². The summed E-state index contributed by atoms with van der Waals surface area (Å²) in [6.45, 7) is 10.4. The first kappa shape index (κ1) is 36.3. The summed E-state index contributed by atoms with van der Waals surface area (Å²) in [7, 11) is 0. The van der Waals surface area contributed by atoms with Crippen LogP contribution in [0.2, 0.25) is 0 Å². The molecule has 1 aliphatic rings. The highest BCUT2D eigenvalue weighted by Crippen LogP contribution is 2.50. The van der Waals surface area contributed by atoms with E-state index in [0.717, 1.165) is 18.4 Å². The second-order valence-corrected chi connectivity index (χ2v) is 14.6. The van der Waals surface area contributed by atoms with Crippen LogP contribution in [-0.2, 0) is 26.5 Å². The zero-order chi connectivity index (χ0) is 34.9. The van der Waals surface area contributed by atoms with E-state index in [-0.39, 0.29) is 23.7 Å². The number of carbonyl (C=O) groups is 1. The zero-order valence-electron chi connectivity index (χ0n) is 29.3. The van der Waals surface area contributed by atoms with Gasteiger partial charge in [0.05, 0.1) is 25.7 Å². The normalized spacial score (nSPS) is 20.6. The van der Waals surface area contributed by atoms with Crippen LogP contribution in [0.1, 0.15) is 75.3 Å². The number of rotatable bonds is 14. The Balaban J connectivity index is 1.35. The van der Waals surface area contributed by atoms with E-state index in [0.29, 0.717) is 41.7 Å². The van der Waals surface area contributed by atoms with Crippen LogP contribution >= 0.6 is 0 Å². The summed E-state index contributed by atoms with van der Waals surface area (Å²) in [5, 5.41) is 23.8. The molecule has 0 aromatic heterocycles. The predicted octanol–water partition coefficient (Wildman–Crippen LogP) is 9.06. The first-order valence-corrected chi connectivity index (χ1v) is 17.7. The van der Waals surface area contributed by atoms with Gasteiger partial charge in [-0.2, -0.15) is 0 Å². The van der Waals surface area contributed by atoms with Crippen LogP contribution in [0.15, 0.2) is 133 Å². The number of hydrogen-bond acceptors (Lipinski definition) is 5. The Morgan fingerprint density at radius 2 is 1.39 bits per heavy atom. The van der Waals surface area contributed by atoms with Crippen molar-refractivity contribution in [2.45, 2.75) is 71.4 Å². The number of benzene rings is 4. The van der Waals surface area contributed by atoms with Gasteiger partial charge in [-0.15, -0.1) is 0 Å². The Morgan fingerprint density at radius 1 is 0.857 bits per heavy atom. The molecule has 0 heterocycles. The Morgan fingerprint density at radius 3 is 1.94 bits per heavy atom. The van der Waals surface area contributed by atoms with E-state index in [4.69, 9.17) is 9.47 Å². The molecule has 1 aliphatic carbocycles. The molecular formula is C44H52O5. The molecule has 258 valence electrons. The molecule has 0 saturated heterocycles. The highest BCUT2D eigenvalue weighted by molar-refractivity contribution is 5.71. The molecule has 2 N–H and O–H groups in total. The SMILES string of the molecule is CC(C)[C@@H]1CCC(C)(C)[C@H](/C=C/[C@@H](O)CC(=O)O[C@@H](c2ccccc2)C(O)(c2ccccc2)c2ccccc2)[C@H]1COCc1ccccc1. The number of ether oxygens (including phenoxy) is 2. The van der Waals surface area contributed by atoms with Gasteiger partial charge in [-0.25, -0.2) is 0 Å². The van der Waals surface area contributed by atoms with Gasteiger partial charge in [-0.1, -0.05) is 161 Å². The van der Waals surface area contributed by atoms with Crippen molar-refractivity contribution in [3.8, 4) is 0 Å². The first-order chi connectivity index (χ1) is 23.6. The fraction of sp³-hybridized carbons (Fsp3) is 0.386. The summed E-state index contributed by atoms with van der Waals surface area (Å²) < 4.78 is 12.5. The van der Waals surface area contributed by atoms with Crippen molar-refractivity contribution in [2.24, 2.45) is 29.1 Å². The van der Waals surface area contributed by atoms with Gasteiger partial charge >= 0.3 is 5.97 Å². The number of aliphatic hydroxyl groups is 2.